The summed E-state index contributed by atoms with van der Waals surface area (Å²) in [6.07, 6.45) is -2.61. The minimum absolute atomic E-state index is 0.0302. The van der Waals surface area contributed by atoms with Gasteiger partial charge in [0.05, 0.1) is 12.3 Å². The van der Waals surface area contributed by atoms with Gasteiger partial charge < -0.3 is 5.11 Å². The summed E-state index contributed by atoms with van der Waals surface area (Å²) in [5.74, 6) is 0. The molecule has 1 N–H and O–H groups in total. The van der Waals surface area contributed by atoms with E-state index in [2.05, 4.69) is 20.9 Å². The van der Waals surface area contributed by atoms with Gasteiger partial charge in [-0.25, -0.2) is 13.8 Å². The molecule has 0 aliphatic rings. The normalized spacial score (nSPS) is 10.9. The molecular formula is C7H5BrF2INO. The first-order valence-electron chi connectivity index (χ1n) is 3.30. The summed E-state index contributed by atoms with van der Waals surface area (Å²) >= 11 is 4.99. The Hall–Kier alpha value is 0.180. The Balaban J connectivity index is 3.25. The van der Waals surface area contributed by atoms with Crippen LogP contribution in [0.25, 0.3) is 0 Å². The number of pyridine rings is 1. The first-order chi connectivity index (χ1) is 6.06. The van der Waals surface area contributed by atoms with Gasteiger partial charge in [-0.15, -0.1) is 0 Å². The van der Waals surface area contributed by atoms with Crippen molar-refractivity contribution in [2.24, 2.45) is 0 Å². The standard InChI is InChI=1S/C7H5BrF2INO/c8-4-1-3(6(9)10)5(2-13)12-7(4)11/h1,6,13H,2H2. The van der Waals surface area contributed by atoms with Crippen molar-refractivity contribution in [2.75, 3.05) is 0 Å². The van der Waals surface area contributed by atoms with Crippen LogP contribution in [0, 0.1) is 3.70 Å². The van der Waals surface area contributed by atoms with E-state index in [9.17, 15) is 8.78 Å². The summed E-state index contributed by atoms with van der Waals surface area (Å²) < 4.78 is 25.8. The second kappa shape index (κ2) is 4.61. The van der Waals surface area contributed by atoms with Crippen molar-refractivity contribution in [3.63, 3.8) is 0 Å². The fraction of sp³-hybridized carbons (Fsp3) is 0.286. The Bertz CT molecular complexity index is 322. The summed E-state index contributed by atoms with van der Waals surface area (Å²) in [7, 11) is 0. The monoisotopic (exact) mass is 363 g/mol. The topological polar surface area (TPSA) is 33.1 Å². The number of aliphatic hydroxyl groups excluding tert-OH is 1. The van der Waals surface area contributed by atoms with Crippen molar-refractivity contribution in [3.8, 4) is 0 Å². The predicted molar refractivity (Wildman–Crippen MR) is 55.5 cm³/mol. The molecule has 0 bridgehead atoms. The van der Waals surface area contributed by atoms with Crippen LogP contribution < -0.4 is 0 Å². The molecule has 0 aromatic carbocycles. The molecule has 0 atom stereocenters. The highest BCUT2D eigenvalue weighted by Gasteiger charge is 2.15. The molecule has 1 heterocycles. The molecule has 0 saturated carbocycles. The van der Waals surface area contributed by atoms with Crippen molar-refractivity contribution in [2.45, 2.75) is 13.0 Å². The SMILES string of the molecule is OCc1nc(I)c(Br)cc1C(F)F. The van der Waals surface area contributed by atoms with E-state index in [1.807, 2.05) is 22.6 Å². The van der Waals surface area contributed by atoms with E-state index in [0.29, 0.717) is 8.17 Å². The molecule has 0 amide bonds. The van der Waals surface area contributed by atoms with Gasteiger partial charge in [0.25, 0.3) is 6.43 Å². The summed E-state index contributed by atoms with van der Waals surface area (Å²) in [5.41, 5.74) is -0.197. The van der Waals surface area contributed by atoms with Gasteiger partial charge in [0, 0.05) is 10.0 Å². The van der Waals surface area contributed by atoms with Gasteiger partial charge in [0.15, 0.2) is 0 Å². The first kappa shape index (κ1) is 11.3. The third kappa shape index (κ3) is 2.57. The molecule has 1 aromatic rings. The van der Waals surface area contributed by atoms with Gasteiger partial charge in [0.2, 0.25) is 0 Å². The molecule has 0 unspecified atom stereocenters. The third-order valence-electron chi connectivity index (χ3n) is 1.43. The molecule has 0 saturated heterocycles. The summed E-state index contributed by atoms with van der Waals surface area (Å²) in [6, 6.07) is 1.28. The molecule has 0 fully saturated rings. The van der Waals surface area contributed by atoms with Gasteiger partial charge >= 0.3 is 0 Å². The van der Waals surface area contributed by atoms with Crippen LogP contribution in [0.1, 0.15) is 17.7 Å². The number of halogens is 4. The third-order valence-corrected chi connectivity index (χ3v) is 3.60. The minimum Gasteiger partial charge on any atom is -0.390 e. The molecule has 0 radical (unpaired) electrons. The molecule has 2 nitrogen and oxygen atoms in total. The maximum Gasteiger partial charge on any atom is 0.265 e. The summed E-state index contributed by atoms with van der Waals surface area (Å²) in [4.78, 5) is 3.82. The molecule has 72 valence electrons. The molecule has 0 spiro atoms. The Labute approximate surface area is 95.6 Å². The van der Waals surface area contributed by atoms with Crippen molar-refractivity contribution in [1.29, 1.82) is 0 Å². The van der Waals surface area contributed by atoms with E-state index in [4.69, 9.17) is 5.11 Å². The van der Waals surface area contributed by atoms with Crippen LogP contribution in [0.3, 0.4) is 0 Å². The number of aliphatic hydroxyl groups is 1. The molecule has 1 rings (SSSR count). The number of hydrogen-bond acceptors (Lipinski definition) is 2. The molecule has 13 heavy (non-hydrogen) atoms. The fourth-order valence-electron chi connectivity index (χ4n) is 0.831. The molecular weight excluding hydrogens is 359 g/mol. The summed E-state index contributed by atoms with van der Waals surface area (Å²) in [5, 5.41) is 8.77. The van der Waals surface area contributed by atoms with Crippen LogP contribution in [0.2, 0.25) is 0 Å². The maximum atomic E-state index is 12.4. The van der Waals surface area contributed by atoms with E-state index in [0.717, 1.165) is 0 Å². The molecule has 0 aliphatic carbocycles. The van der Waals surface area contributed by atoms with Crippen LogP contribution in [0.4, 0.5) is 8.78 Å². The second-order valence-corrected chi connectivity index (χ2v) is 4.13. The zero-order chi connectivity index (χ0) is 10.0. The van der Waals surface area contributed by atoms with E-state index < -0.39 is 13.0 Å². The van der Waals surface area contributed by atoms with Crippen molar-refractivity contribution >= 4 is 38.5 Å². The van der Waals surface area contributed by atoms with Crippen LogP contribution in [0.5, 0.6) is 0 Å². The number of alkyl halides is 2. The predicted octanol–water partition coefficient (Wildman–Crippen LogP) is 2.88. The molecule has 1 aromatic heterocycles. The molecule has 0 aliphatic heterocycles. The lowest BCUT2D eigenvalue weighted by Gasteiger charge is -2.07. The quantitative estimate of drug-likeness (QED) is 0.647. The lowest BCUT2D eigenvalue weighted by molar-refractivity contribution is 0.146. The average molecular weight is 364 g/mol. The van der Waals surface area contributed by atoms with E-state index in [1.54, 1.807) is 0 Å². The van der Waals surface area contributed by atoms with Crippen molar-refractivity contribution < 1.29 is 13.9 Å². The van der Waals surface area contributed by atoms with Gasteiger partial charge in [-0.3, -0.25) is 0 Å². The Morgan fingerprint density at radius 1 is 1.62 bits per heavy atom. The largest absolute Gasteiger partial charge is 0.390 e. The lowest BCUT2D eigenvalue weighted by atomic mass is 10.2. The van der Waals surface area contributed by atoms with Crippen LogP contribution >= 0.6 is 38.5 Å². The van der Waals surface area contributed by atoms with E-state index in [1.165, 1.54) is 6.07 Å². The zero-order valence-corrected chi connectivity index (χ0v) is 10.0. The highest BCUT2D eigenvalue weighted by atomic mass is 127. The lowest BCUT2D eigenvalue weighted by Crippen LogP contribution is -2.00. The highest BCUT2D eigenvalue weighted by molar-refractivity contribution is 14.1. The van der Waals surface area contributed by atoms with E-state index in [-0.39, 0.29) is 11.3 Å². The minimum atomic E-state index is -2.61. The zero-order valence-electron chi connectivity index (χ0n) is 6.27. The second-order valence-electron chi connectivity index (χ2n) is 2.26. The number of hydrogen-bond donors (Lipinski definition) is 1. The number of aromatic nitrogens is 1. The smallest absolute Gasteiger partial charge is 0.265 e. The van der Waals surface area contributed by atoms with Crippen LogP contribution in [-0.4, -0.2) is 10.1 Å². The highest BCUT2D eigenvalue weighted by Crippen LogP contribution is 2.27. The number of nitrogens with zero attached hydrogens (tertiary/aromatic N) is 1. The fourth-order valence-corrected chi connectivity index (χ4v) is 1.61. The van der Waals surface area contributed by atoms with Gasteiger partial charge in [-0.1, -0.05) is 0 Å². The number of rotatable bonds is 2. The maximum absolute atomic E-state index is 12.4. The summed E-state index contributed by atoms with van der Waals surface area (Å²) in [6.45, 7) is -0.469. The average Bonchev–Trinajstić information content (AvgIpc) is 2.08. The van der Waals surface area contributed by atoms with Crippen molar-refractivity contribution in [1.82, 2.24) is 4.98 Å². The van der Waals surface area contributed by atoms with Gasteiger partial charge in [-0.05, 0) is 44.6 Å². The van der Waals surface area contributed by atoms with E-state index >= 15 is 0 Å². The van der Waals surface area contributed by atoms with Crippen LogP contribution in [-0.2, 0) is 6.61 Å². The van der Waals surface area contributed by atoms with Gasteiger partial charge in [0.1, 0.15) is 3.70 Å². The Morgan fingerprint density at radius 2 is 2.23 bits per heavy atom. The first-order valence-corrected chi connectivity index (χ1v) is 5.17. The van der Waals surface area contributed by atoms with Crippen molar-refractivity contribution in [3.05, 3.63) is 25.5 Å². The molecule has 6 heteroatoms. The Morgan fingerprint density at radius 3 is 2.69 bits per heavy atom. The Kier molecular flexibility index (Phi) is 3.99. The van der Waals surface area contributed by atoms with Gasteiger partial charge in [-0.2, -0.15) is 0 Å². The van der Waals surface area contributed by atoms with Crippen LogP contribution in [0.15, 0.2) is 10.5 Å².